The average molecular weight is 283 g/mol. The van der Waals surface area contributed by atoms with Gasteiger partial charge in [0.25, 0.3) is 0 Å². The molecule has 0 radical (unpaired) electrons. The normalized spacial score (nSPS) is 11.0. The maximum Gasteiger partial charge on any atom is 0.242 e. The Morgan fingerprint density at radius 2 is 1.90 bits per heavy atom. The molecule has 2 N–H and O–H groups in total. The molecule has 3 rings (SSSR count). The van der Waals surface area contributed by atoms with Gasteiger partial charge in [0.05, 0.1) is 17.6 Å². The number of aryl methyl sites for hydroxylation is 2. The van der Waals surface area contributed by atoms with Crippen LogP contribution in [0.3, 0.4) is 0 Å². The minimum atomic E-state index is 0.396. The van der Waals surface area contributed by atoms with Gasteiger partial charge in [0.1, 0.15) is 18.3 Å². The fraction of sp³-hybridized carbons (Fsp3) is 0.267. The summed E-state index contributed by atoms with van der Waals surface area (Å²) in [4.78, 5) is 12.8. The van der Waals surface area contributed by atoms with Gasteiger partial charge in [0, 0.05) is 0 Å². The number of nitrogen functional groups attached to an aromatic ring is 1. The number of anilines is 1. The fourth-order valence-corrected chi connectivity index (χ4v) is 2.25. The van der Waals surface area contributed by atoms with Crippen molar-refractivity contribution in [3.63, 3.8) is 0 Å². The third-order valence-electron chi connectivity index (χ3n) is 3.50. The summed E-state index contributed by atoms with van der Waals surface area (Å²) in [5.74, 6) is 0.979. The van der Waals surface area contributed by atoms with E-state index in [1.165, 1.54) is 17.5 Å². The number of fused-ring (bicyclic) bond motifs is 1. The van der Waals surface area contributed by atoms with Crippen molar-refractivity contribution < 1.29 is 4.74 Å². The molecule has 108 valence electrons. The molecular formula is C15H17N5O. The molecule has 0 saturated carbocycles. The fourth-order valence-electron chi connectivity index (χ4n) is 2.25. The Morgan fingerprint density at radius 1 is 1.14 bits per heavy atom. The predicted molar refractivity (Wildman–Crippen MR) is 81.7 cm³/mol. The number of ether oxygens (including phenoxy) is 1. The summed E-state index contributed by atoms with van der Waals surface area (Å²) in [6, 6.07) is 4.14. The number of aromatic nitrogens is 4. The van der Waals surface area contributed by atoms with Crippen LogP contribution < -0.4 is 10.5 Å². The van der Waals surface area contributed by atoms with Crippen LogP contribution in [0.25, 0.3) is 16.9 Å². The molecule has 3 aromatic rings. The second-order valence-corrected chi connectivity index (χ2v) is 4.89. The van der Waals surface area contributed by atoms with Gasteiger partial charge in [0.15, 0.2) is 5.82 Å². The van der Waals surface area contributed by atoms with Gasteiger partial charge in [-0.05, 0) is 44.0 Å². The molecule has 0 fully saturated rings. The van der Waals surface area contributed by atoms with Gasteiger partial charge < -0.3 is 10.5 Å². The number of benzene rings is 1. The first kappa shape index (κ1) is 13.4. The van der Waals surface area contributed by atoms with Gasteiger partial charge >= 0.3 is 0 Å². The van der Waals surface area contributed by atoms with Crippen LogP contribution in [0.2, 0.25) is 0 Å². The molecule has 21 heavy (non-hydrogen) atoms. The van der Waals surface area contributed by atoms with Crippen LogP contribution >= 0.6 is 0 Å². The molecule has 0 saturated heterocycles. The van der Waals surface area contributed by atoms with Gasteiger partial charge in [-0.3, -0.25) is 4.57 Å². The maximum atomic E-state index is 6.12. The van der Waals surface area contributed by atoms with E-state index < -0.39 is 0 Å². The van der Waals surface area contributed by atoms with E-state index in [0.29, 0.717) is 24.0 Å². The Bertz CT molecular complexity index is 809. The van der Waals surface area contributed by atoms with E-state index >= 15 is 0 Å². The van der Waals surface area contributed by atoms with Crippen LogP contribution in [0.4, 0.5) is 5.69 Å². The van der Waals surface area contributed by atoms with Crippen LogP contribution in [-0.4, -0.2) is 26.1 Å². The lowest BCUT2D eigenvalue weighted by atomic mass is 10.1. The molecule has 0 amide bonds. The molecule has 0 bridgehead atoms. The van der Waals surface area contributed by atoms with E-state index in [9.17, 15) is 0 Å². The largest absolute Gasteiger partial charge is 0.476 e. The highest BCUT2D eigenvalue weighted by molar-refractivity contribution is 5.80. The van der Waals surface area contributed by atoms with E-state index in [4.69, 9.17) is 10.5 Å². The van der Waals surface area contributed by atoms with Crippen molar-refractivity contribution in [3.05, 3.63) is 35.9 Å². The summed E-state index contributed by atoms with van der Waals surface area (Å²) in [6.45, 7) is 6.53. The summed E-state index contributed by atoms with van der Waals surface area (Å²) in [5.41, 5.74) is 10.8. The van der Waals surface area contributed by atoms with Gasteiger partial charge in [-0.1, -0.05) is 0 Å². The molecule has 0 aliphatic heterocycles. The zero-order valence-corrected chi connectivity index (χ0v) is 12.3. The van der Waals surface area contributed by atoms with Crippen molar-refractivity contribution in [1.29, 1.82) is 0 Å². The molecule has 0 unspecified atom stereocenters. The number of rotatable bonds is 3. The minimum Gasteiger partial charge on any atom is -0.476 e. The Morgan fingerprint density at radius 3 is 2.67 bits per heavy atom. The summed E-state index contributed by atoms with van der Waals surface area (Å²) in [7, 11) is 0. The smallest absolute Gasteiger partial charge is 0.242 e. The third kappa shape index (κ3) is 2.18. The highest BCUT2D eigenvalue weighted by Gasteiger charge is 2.14. The van der Waals surface area contributed by atoms with Crippen LogP contribution in [0.5, 0.6) is 5.88 Å². The van der Waals surface area contributed by atoms with Crippen molar-refractivity contribution in [2.75, 3.05) is 12.3 Å². The number of hydrogen-bond acceptors (Lipinski definition) is 5. The van der Waals surface area contributed by atoms with Gasteiger partial charge in [-0.2, -0.15) is 4.98 Å². The molecule has 2 aromatic heterocycles. The average Bonchev–Trinajstić information content (AvgIpc) is 2.85. The molecule has 0 aliphatic carbocycles. The quantitative estimate of drug-likeness (QED) is 0.798. The molecule has 2 heterocycles. The Balaban J connectivity index is 2.21. The van der Waals surface area contributed by atoms with Gasteiger partial charge in [0.2, 0.25) is 5.88 Å². The summed E-state index contributed by atoms with van der Waals surface area (Å²) >= 11 is 0. The Labute approximate surface area is 122 Å². The van der Waals surface area contributed by atoms with Crippen molar-refractivity contribution in [2.45, 2.75) is 20.8 Å². The van der Waals surface area contributed by atoms with E-state index in [2.05, 4.69) is 40.9 Å². The van der Waals surface area contributed by atoms with Crippen molar-refractivity contribution >= 4 is 16.7 Å². The molecule has 1 aromatic carbocycles. The zero-order valence-electron chi connectivity index (χ0n) is 12.3. The van der Waals surface area contributed by atoms with E-state index in [1.807, 2.05) is 11.5 Å². The molecule has 0 aliphatic rings. The molecule has 0 atom stereocenters. The molecule has 0 spiro atoms. The van der Waals surface area contributed by atoms with Crippen molar-refractivity contribution in [2.24, 2.45) is 0 Å². The molecule has 6 heteroatoms. The first-order chi connectivity index (χ1) is 10.1. The number of imidazole rings is 1. The lowest BCUT2D eigenvalue weighted by Crippen LogP contribution is -2.06. The summed E-state index contributed by atoms with van der Waals surface area (Å²) < 4.78 is 7.28. The van der Waals surface area contributed by atoms with Gasteiger partial charge in [-0.25, -0.2) is 9.97 Å². The topological polar surface area (TPSA) is 78.9 Å². The van der Waals surface area contributed by atoms with E-state index in [-0.39, 0.29) is 0 Å². The van der Waals surface area contributed by atoms with E-state index in [0.717, 1.165) is 11.0 Å². The molecular weight excluding hydrogens is 266 g/mol. The van der Waals surface area contributed by atoms with E-state index in [1.54, 1.807) is 6.33 Å². The first-order valence-corrected chi connectivity index (χ1v) is 6.79. The van der Waals surface area contributed by atoms with Crippen LogP contribution in [0.15, 0.2) is 24.8 Å². The SMILES string of the molecule is CCOc1ncnc(-n2cnc3cc(C)c(C)cc32)c1N. The van der Waals surface area contributed by atoms with Crippen LogP contribution in [0, 0.1) is 13.8 Å². The molecule has 6 nitrogen and oxygen atoms in total. The second-order valence-electron chi connectivity index (χ2n) is 4.89. The minimum absolute atomic E-state index is 0.396. The van der Waals surface area contributed by atoms with Crippen molar-refractivity contribution in [3.8, 4) is 11.7 Å². The lowest BCUT2D eigenvalue weighted by molar-refractivity contribution is 0.328. The lowest BCUT2D eigenvalue weighted by Gasteiger charge is -2.10. The maximum absolute atomic E-state index is 6.12. The summed E-state index contributed by atoms with van der Waals surface area (Å²) in [6.07, 6.45) is 3.17. The highest BCUT2D eigenvalue weighted by Crippen LogP contribution is 2.27. The second kappa shape index (κ2) is 5.05. The third-order valence-corrected chi connectivity index (χ3v) is 3.50. The predicted octanol–water partition coefficient (Wildman–Crippen LogP) is 2.41. The van der Waals surface area contributed by atoms with Crippen LogP contribution in [-0.2, 0) is 0 Å². The Hall–Kier alpha value is -2.63. The summed E-state index contributed by atoms with van der Waals surface area (Å²) in [5, 5.41) is 0. The van der Waals surface area contributed by atoms with Gasteiger partial charge in [-0.15, -0.1) is 0 Å². The number of hydrogen-bond donors (Lipinski definition) is 1. The number of nitrogens with zero attached hydrogens (tertiary/aromatic N) is 4. The first-order valence-electron chi connectivity index (χ1n) is 6.79. The zero-order chi connectivity index (χ0) is 15.0. The standard InChI is InChI=1S/C15H17N5O/c1-4-21-15-13(16)14(17-7-18-15)20-8-19-11-5-9(2)10(3)6-12(11)20/h5-8H,4,16H2,1-3H3. The number of nitrogens with two attached hydrogens (primary N) is 1. The highest BCUT2D eigenvalue weighted by atomic mass is 16.5. The Kier molecular flexibility index (Phi) is 3.21. The monoisotopic (exact) mass is 283 g/mol. The van der Waals surface area contributed by atoms with Crippen molar-refractivity contribution in [1.82, 2.24) is 19.5 Å². The van der Waals surface area contributed by atoms with Crippen LogP contribution in [0.1, 0.15) is 18.1 Å².